The summed E-state index contributed by atoms with van der Waals surface area (Å²) in [6.45, 7) is 2.88. The summed E-state index contributed by atoms with van der Waals surface area (Å²) in [5, 5.41) is 21.7. The van der Waals surface area contributed by atoms with Gasteiger partial charge in [0.25, 0.3) is 0 Å². The Morgan fingerprint density at radius 1 is 1.45 bits per heavy atom. The zero-order chi connectivity index (χ0) is 15.0. The molecule has 7 heteroatoms. The second-order valence-electron chi connectivity index (χ2n) is 4.39. The number of phenolic OH excluding ortho intramolecular Hbond substituents is 1. The van der Waals surface area contributed by atoms with E-state index in [1.54, 1.807) is 13.0 Å². The van der Waals surface area contributed by atoms with E-state index in [-0.39, 0.29) is 18.8 Å². The van der Waals surface area contributed by atoms with Gasteiger partial charge in [0, 0.05) is 18.5 Å². The fourth-order valence-corrected chi connectivity index (χ4v) is 1.99. The van der Waals surface area contributed by atoms with E-state index >= 15 is 0 Å². The Hall–Kier alpha value is -1.49. The molecule has 0 saturated carbocycles. The van der Waals surface area contributed by atoms with Gasteiger partial charge in [0.2, 0.25) is 0 Å². The number of carboxylic acid groups (broad SMARTS) is 1. The minimum Gasteiger partial charge on any atom is -0.507 e. The van der Waals surface area contributed by atoms with E-state index in [9.17, 15) is 14.5 Å². The highest BCUT2D eigenvalue weighted by Crippen LogP contribution is 2.26. The number of nitrogens with one attached hydrogen (secondary N) is 1. The quantitative estimate of drug-likeness (QED) is 0.478. The molecule has 0 radical (unpaired) electrons. The van der Waals surface area contributed by atoms with Gasteiger partial charge in [-0.15, -0.1) is 0 Å². The Kier molecular flexibility index (Phi) is 7.15. The highest BCUT2D eigenvalue weighted by Gasteiger charge is 2.10. The highest BCUT2D eigenvalue weighted by atomic mass is 31.1. The molecule has 0 aliphatic rings. The lowest BCUT2D eigenvalue weighted by molar-refractivity contribution is -0.137. The molecule has 0 heterocycles. The van der Waals surface area contributed by atoms with Gasteiger partial charge >= 0.3 is 14.7 Å². The van der Waals surface area contributed by atoms with Crippen LogP contribution in [0.1, 0.15) is 29.5 Å². The van der Waals surface area contributed by atoms with Crippen molar-refractivity contribution in [1.29, 1.82) is 0 Å². The minimum atomic E-state index is -0.825. The van der Waals surface area contributed by atoms with Gasteiger partial charge in [0.1, 0.15) is 5.75 Å². The first-order chi connectivity index (χ1) is 9.56. The normalized spacial score (nSPS) is 10.8. The summed E-state index contributed by atoms with van der Waals surface area (Å²) in [5.74, 6) is -0.645. The Morgan fingerprint density at radius 3 is 2.85 bits per heavy atom. The number of aryl methyl sites for hydroxylation is 1. The van der Waals surface area contributed by atoms with Crippen molar-refractivity contribution in [1.82, 2.24) is 5.32 Å². The molecule has 0 bridgehead atoms. The molecule has 0 aromatic heterocycles. The predicted octanol–water partition coefficient (Wildman–Crippen LogP) is 2.38. The number of aromatic hydroxyl groups is 1. The number of carboxylic acids is 1. The van der Waals surface area contributed by atoms with Crippen LogP contribution in [-0.4, -0.2) is 22.7 Å². The molecule has 20 heavy (non-hydrogen) atoms. The summed E-state index contributed by atoms with van der Waals surface area (Å²) in [5.41, 5.74) is 2.18. The minimum absolute atomic E-state index is 0.109. The first-order valence-corrected chi connectivity index (χ1v) is 6.96. The second kappa shape index (κ2) is 8.64. The van der Waals surface area contributed by atoms with E-state index < -0.39 is 14.7 Å². The second-order valence-corrected chi connectivity index (χ2v) is 4.80. The molecule has 0 unspecified atom stereocenters. The number of phenols is 1. The highest BCUT2D eigenvalue weighted by molar-refractivity contribution is 7.17. The van der Waals surface area contributed by atoms with Gasteiger partial charge in [0.15, 0.2) is 0 Å². The standard InChI is InChI=1S/C13H18NO5P/c1-9-4-5-10(8-19-20-18)11(13(9)17)7-14-6-2-3-12(15)16/h4-5,14,17H,2-3,6-8H2,1H3,(H,15,16). The summed E-state index contributed by atoms with van der Waals surface area (Å²) >= 11 is 0. The molecule has 0 fully saturated rings. The topological polar surface area (TPSA) is 95.9 Å². The molecule has 0 amide bonds. The van der Waals surface area contributed by atoms with Gasteiger partial charge in [-0.05, 0) is 31.0 Å². The lowest BCUT2D eigenvalue weighted by Gasteiger charge is -2.13. The van der Waals surface area contributed by atoms with Crippen molar-refractivity contribution in [3.63, 3.8) is 0 Å². The number of benzene rings is 1. The van der Waals surface area contributed by atoms with Crippen LogP contribution in [0.2, 0.25) is 0 Å². The molecule has 1 aromatic rings. The maximum atomic E-state index is 10.4. The Balaban J connectivity index is 2.63. The van der Waals surface area contributed by atoms with Crippen molar-refractivity contribution in [2.24, 2.45) is 0 Å². The third-order valence-electron chi connectivity index (χ3n) is 2.90. The molecule has 0 aliphatic heterocycles. The average molecular weight is 299 g/mol. The van der Waals surface area contributed by atoms with E-state index in [0.717, 1.165) is 11.1 Å². The van der Waals surface area contributed by atoms with Gasteiger partial charge in [-0.3, -0.25) is 9.32 Å². The van der Waals surface area contributed by atoms with Crippen molar-refractivity contribution in [3.8, 4) is 5.75 Å². The lowest BCUT2D eigenvalue weighted by atomic mass is 10.0. The molecule has 6 nitrogen and oxygen atoms in total. The van der Waals surface area contributed by atoms with Gasteiger partial charge in [-0.1, -0.05) is 12.1 Å². The SMILES string of the molecule is Cc1ccc(COP=O)c(CNCCCC(=O)O)c1O. The maximum Gasteiger partial charge on any atom is 0.327 e. The Bertz CT molecular complexity index is 478. The largest absolute Gasteiger partial charge is 0.507 e. The number of hydrogen-bond donors (Lipinski definition) is 3. The van der Waals surface area contributed by atoms with Crippen LogP contribution in [0, 0.1) is 6.92 Å². The van der Waals surface area contributed by atoms with Crippen molar-refractivity contribution in [3.05, 3.63) is 28.8 Å². The van der Waals surface area contributed by atoms with E-state index in [0.29, 0.717) is 25.1 Å². The summed E-state index contributed by atoms with van der Waals surface area (Å²) < 4.78 is 15.2. The third-order valence-corrected chi connectivity index (χ3v) is 3.13. The van der Waals surface area contributed by atoms with Gasteiger partial charge in [-0.2, -0.15) is 0 Å². The van der Waals surface area contributed by atoms with Gasteiger partial charge in [-0.25, -0.2) is 4.57 Å². The van der Waals surface area contributed by atoms with Crippen molar-refractivity contribution >= 4 is 14.7 Å². The van der Waals surface area contributed by atoms with Crippen LogP contribution in [0.5, 0.6) is 5.75 Å². The van der Waals surface area contributed by atoms with E-state index in [2.05, 4.69) is 5.32 Å². The summed E-state index contributed by atoms with van der Waals surface area (Å²) in [6.07, 6.45) is 0.630. The molecule has 0 saturated heterocycles. The average Bonchev–Trinajstić information content (AvgIpc) is 2.41. The third kappa shape index (κ3) is 5.25. The Morgan fingerprint density at radius 2 is 2.20 bits per heavy atom. The van der Waals surface area contributed by atoms with Crippen molar-refractivity contribution < 1.29 is 24.1 Å². The molecule has 110 valence electrons. The molecule has 0 aliphatic carbocycles. The van der Waals surface area contributed by atoms with Crippen LogP contribution in [0.3, 0.4) is 0 Å². The van der Waals surface area contributed by atoms with Gasteiger partial charge in [0.05, 0.1) is 6.61 Å². The Labute approximate surface area is 119 Å². The molecular weight excluding hydrogens is 281 g/mol. The first kappa shape index (κ1) is 16.6. The first-order valence-electron chi connectivity index (χ1n) is 6.23. The molecule has 3 N–H and O–H groups in total. The molecular formula is C13H18NO5P. The molecule has 1 aromatic carbocycles. The zero-order valence-corrected chi connectivity index (χ0v) is 12.2. The maximum absolute atomic E-state index is 10.4. The number of aliphatic carboxylic acids is 1. The van der Waals surface area contributed by atoms with E-state index in [1.165, 1.54) is 0 Å². The van der Waals surface area contributed by atoms with Crippen LogP contribution in [0.25, 0.3) is 0 Å². The zero-order valence-electron chi connectivity index (χ0n) is 11.3. The summed E-state index contributed by atoms with van der Waals surface area (Å²) in [4.78, 5) is 10.4. The summed E-state index contributed by atoms with van der Waals surface area (Å²) in [6, 6.07) is 3.58. The van der Waals surface area contributed by atoms with Crippen LogP contribution in [0.15, 0.2) is 12.1 Å². The van der Waals surface area contributed by atoms with Crippen LogP contribution >= 0.6 is 8.69 Å². The molecule has 1 rings (SSSR count). The smallest absolute Gasteiger partial charge is 0.327 e. The number of rotatable bonds is 9. The van der Waals surface area contributed by atoms with Gasteiger partial charge < -0.3 is 15.5 Å². The van der Waals surface area contributed by atoms with Crippen LogP contribution < -0.4 is 5.32 Å². The predicted molar refractivity (Wildman–Crippen MR) is 73.8 cm³/mol. The summed E-state index contributed by atoms with van der Waals surface area (Å²) in [7, 11) is -0.406. The number of carbonyl (C=O) groups is 1. The van der Waals surface area contributed by atoms with Crippen LogP contribution in [0.4, 0.5) is 0 Å². The molecule has 0 atom stereocenters. The van der Waals surface area contributed by atoms with E-state index in [1.807, 2.05) is 6.07 Å². The fourth-order valence-electron chi connectivity index (χ4n) is 1.80. The van der Waals surface area contributed by atoms with E-state index in [4.69, 9.17) is 9.63 Å². The van der Waals surface area contributed by atoms with Crippen molar-refractivity contribution in [2.45, 2.75) is 32.9 Å². The fraction of sp³-hybridized carbons (Fsp3) is 0.462. The number of hydrogen-bond acceptors (Lipinski definition) is 5. The molecule has 0 spiro atoms. The van der Waals surface area contributed by atoms with Crippen LogP contribution in [-0.2, 0) is 27.0 Å². The monoisotopic (exact) mass is 299 g/mol. The van der Waals surface area contributed by atoms with Crippen molar-refractivity contribution in [2.75, 3.05) is 6.54 Å². The lowest BCUT2D eigenvalue weighted by Crippen LogP contribution is -2.17.